The van der Waals surface area contributed by atoms with Gasteiger partial charge in [-0.3, -0.25) is 4.79 Å². The van der Waals surface area contributed by atoms with Crippen molar-refractivity contribution >= 4 is 34.5 Å². The summed E-state index contributed by atoms with van der Waals surface area (Å²) in [7, 11) is 0. The summed E-state index contributed by atoms with van der Waals surface area (Å²) in [6.07, 6.45) is 0. The normalized spacial score (nSPS) is 14.4. The Morgan fingerprint density at radius 2 is 2.12 bits per heavy atom. The third kappa shape index (κ3) is 3.78. The molecule has 2 unspecified atom stereocenters. The van der Waals surface area contributed by atoms with E-state index in [1.807, 2.05) is 17.5 Å². The zero-order valence-corrected chi connectivity index (χ0v) is 11.9. The van der Waals surface area contributed by atoms with Gasteiger partial charge >= 0.3 is 0 Å². The molecule has 3 nitrogen and oxygen atoms in total. The molecule has 0 radical (unpaired) electrons. The van der Waals surface area contributed by atoms with Crippen LogP contribution in [0.2, 0.25) is 0 Å². The van der Waals surface area contributed by atoms with Gasteiger partial charge in [0, 0.05) is 4.88 Å². The number of carbonyl (C=O) groups excluding carboxylic acids is 1. The maximum absolute atomic E-state index is 11.9. The van der Waals surface area contributed by atoms with Crippen molar-refractivity contribution in [2.24, 2.45) is 17.6 Å². The van der Waals surface area contributed by atoms with Crippen molar-refractivity contribution in [2.75, 3.05) is 0 Å². The molecule has 0 aromatic carbocycles. The maximum Gasteiger partial charge on any atom is 0.230 e. The molecule has 0 spiro atoms. The van der Waals surface area contributed by atoms with Crippen LogP contribution in [0.3, 0.4) is 0 Å². The van der Waals surface area contributed by atoms with E-state index in [1.165, 1.54) is 0 Å². The molecule has 17 heavy (non-hydrogen) atoms. The number of thiocarbonyl (C=S) groups is 1. The van der Waals surface area contributed by atoms with Gasteiger partial charge in [-0.05, 0) is 24.3 Å². The lowest BCUT2D eigenvalue weighted by molar-refractivity contribution is -0.123. The summed E-state index contributed by atoms with van der Waals surface area (Å²) in [5.41, 5.74) is 5.48. The van der Waals surface area contributed by atoms with E-state index in [1.54, 1.807) is 18.3 Å². The molecular formula is C12H18N2OS2. The average molecular weight is 270 g/mol. The Morgan fingerprint density at radius 3 is 2.53 bits per heavy atom. The Labute approximate surface area is 111 Å². The molecule has 0 aliphatic carbocycles. The van der Waals surface area contributed by atoms with E-state index in [0.29, 0.717) is 5.92 Å². The number of nitrogens with one attached hydrogen (secondary N) is 1. The molecule has 1 aromatic heterocycles. The standard InChI is InChI=1S/C12H18N2OS2/c1-7(2)10(9-5-4-6-17-9)14-12(15)8(3)11(13)16/h4-8,10H,1-3H3,(H2,13,16)(H,14,15). The Morgan fingerprint density at radius 1 is 1.47 bits per heavy atom. The van der Waals surface area contributed by atoms with E-state index in [2.05, 4.69) is 19.2 Å². The van der Waals surface area contributed by atoms with Gasteiger partial charge in [-0.2, -0.15) is 0 Å². The maximum atomic E-state index is 11.9. The van der Waals surface area contributed by atoms with Gasteiger partial charge in [0.25, 0.3) is 0 Å². The van der Waals surface area contributed by atoms with Gasteiger partial charge in [0.05, 0.1) is 16.9 Å². The molecule has 0 aliphatic heterocycles. The minimum absolute atomic E-state index is 0.0271. The Hall–Kier alpha value is -0.940. The molecule has 1 heterocycles. The summed E-state index contributed by atoms with van der Waals surface area (Å²) in [6, 6.07) is 4.04. The second kappa shape index (κ2) is 6.12. The van der Waals surface area contributed by atoms with Crippen LogP contribution in [0.4, 0.5) is 0 Å². The lowest BCUT2D eigenvalue weighted by atomic mass is 10.0. The largest absolute Gasteiger partial charge is 0.393 e. The number of carbonyl (C=O) groups is 1. The zero-order chi connectivity index (χ0) is 13.0. The molecule has 1 aromatic rings. The second-order valence-corrected chi connectivity index (χ2v) is 5.82. The minimum atomic E-state index is -0.425. The van der Waals surface area contributed by atoms with Crippen LogP contribution in [-0.2, 0) is 4.79 Å². The fourth-order valence-corrected chi connectivity index (χ4v) is 2.50. The molecule has 0 fully saturated rings. The smallest absolute Gasteiger partial charge is 0.230 e. The molecule has 5 heteroatoms. The van der Waals surface area contributed by atoms with Crippen molar-refractivity contribution in [3.05, 3.63) is 22.4 Å². The summed E-state index contributed by atoms with van der Waals surface area (Å²) < 4.78 is 0. The third-order valence-corrected chi connectivity index (χ3v) is 3.94. The first-order chi connectivity index (χ1) is 7.93. The fourth-order valence-electron chi connectivity index (χ4n) is 1.44. The van der Waals surface area contributed by atoms with E-state index < -0.39 is 5.92 Å². The van der Waals surface area contributed by atoms with Gasteiger partial charge in [0.2, 0.25) is 5.91 Å². The molecule has 3 N–H and O–H groups in total. The van der Waals surface area contributed by atoms with Crippen molar-refractivity contribution in [2.45, 2.75) is 26.8 Å². The highest BCUT2D eigenvalue weighted by atomic mass is 32.1. The number of nitrogens with two attached hydrogens (primary N) is 1. The third-order valence-electron chi connectivity index (χ3n) is 2.63. The number of hydrogen-bond acceptors (Lipinski definition) is 3. The Kier molecular flexibility index (Phi) is 5.08. The molecule has 0 saturated carbocycles. The molecule has 1 amide bonds. The second-order valence-electron chi connectivity index (χ2n) is 4.37. The van der Waals surface area contributed by atoms with Crippen LogP contribution in [0, 0.1) is 11.8 Å². The molecule has 0 aliphatic rings. The summed E-state index contributed by atoms with van der Waals surface area (Å²) in [6.45, 7) is 5.88. The quantitative estimate of drug-likeness (QED) is 0.808. The predicted octanol–water partition coefficient (Wildman–Crippen LogP) is 2.48. The highest BCUT2D eigenvalue weighted by molar-refractivity contribution is 7.80. The number of thiophene rings is 1. The zero-order valence-electron chi connectivity index (χ0n) is 10.3. The summed E-state index contributed by atoms with van der Waals surface area (Å²) >= 11 is 6.48. The van der Waals surface area contributed by atoms with Gasteiger partial charge in [0.1, 0.15) is 0 Å². The summed E-state index contributed by atoms with van der Waals surface area (Å²) in [4.78, 5) is 13.3. The first-order valence-electron chi connectivity index (χ1n) is 5.56. The van der Waals surface area contributed by atoms with Crippen molar-refractivity contribution in [3.8, 4) is 0 Å². The van der Waals surface area contributed by atoms with Crippen molar-refractivity contribution in [1.29, 1.82) is 0 Å². The van der Waals surface area contributed by atoms with E-state index >= 15 is 0 Å². The first-order valence-corrected chi connectivity index (χ1v) is 6.85. The van der Waals surface area contributed by atoms with Crippen LogP contribution < -0.4 is 11.1 Å². The first kappa shape index (κ1) is 14.1. The number of rotatable bonds is 5. The molecule has 2 atom stereocenters. The molecule has 0 saturated heterocycles. The van der Waals surface area contributed by atoms with E-state index in [-0.39, 0.29) is 16.9 Å². The molecule has 1 rings (SSSR count). The summed E-state index contributed by atoms with van der Waals surface area (Å²) in [5, 5.41) is 5.01. The van der Waals surface area contributed by atoms with Crippen LogP contribution in [0.15, 0.2) is 17.5 Å². The van der Waals surface area contributed by atoms with Crippen LogP contribution in [0.25, 0.3) is 0 Å². The summed E-state index contributed by atoms with van der Waals surface area (Å²) in [5.74, 6) is -0.202. The van der Waals surface area contributed by atoms with Crippen molar-refractivity contribution in [1.82, 2.24) is 5.32 Å². The van der Waals surface area contributed by atoms with E-state index in [9.17, 15) is 4.79 Å². The minimum Gasteiger partial charge on any atom is -0.393 e. The van der Waals surface area contributed by atoms with Crippen molar-refractivity contribution < 1.29 is 4.79 Å². The van der Waals surface area contributed by atoms with E-state index in [4.69, 9.17) is 18.0 Å². The predicted molar refractivity (Wildman–Crippen MR) is 76.0 cm³/mol. The average Bonchev–Trinajstić information content (AvgIpc) is 2.76. The Balaban J connectivity index is 2.75. The molecular weight excluding hydrogens is 252 g/mol. The SMILES string of the molecule is CC(C(=O)NC(c1cccs1)C(C)C)C(N)=S. The Bertz CT molecular complexity index is 387. The van der Waals surface area contributed by atoms with Gasteiger partial charge in [-0.15, -0.1) is 11.3 Å². The number of hydrogen-bond donors (Lipinski definition) is 2. The van der Waals surface area contributed by atoms with Crippen molar-refractivity contribution in [3.63, 3.8) is 0 Å². The van der Waals surface area contributed by atoms with Crippen LogP contribution >= 0.6 is 23.6 Å². The molecule has 0 bridgehead atoms. The van der Waals surface area contributed by atoms with Crippen LogP contribution in [0.1, 0.15) is 31.7 Å². The molecule has 94 valence electrons. The monoisotopic (exact) mass is 270 g/mol. The lowest BCUT2D eigenvalue weighted by Gasteiger charge is -2.23. The topological polar surface area (TPSA) is 55.1 Å². The highest BCUT2D eigenvalue weighted by Gasteiger charge is 2.23. The van der Waals surface area contributed by atoms with Gasteiger partial charge in [-0.1, -0.05) is 32.1 Å². The van der Waals surface area contributed by atoms with Gasteiger partial charge in [-0.25, -0.2) is 0 Å². The van der Waals surface area contributed by atoms with Gasteiger partial charge < -0.3 is 11.1 Å². The lowest BCUT2D eigenvalue weighted by Crippen LogP contribution is -2.39. The van der Waals surface area contributed by atoms with E-state index in [0.717, 1.165) is 4.88 Å². The van der Waals surface area contributed by atoms with Crippen LogP contribution in [0.5, 0.6) is 0 Å². The van der Waals surface area contributed by atoms with Crippen LogP contribution in [-0.4, -0.2) is 10.9 Å². The fraction of sp³-hybridized carbons (Fsp3) is 0.500. The highest BCUT2D eigenvalue weighted by Crippen LogP contribution is 2.26. The van der Waals surface area contributed by atoms with Gasteiger partial charge in [0.15, 0.2) is 0 Å². The number of amides is 1.